The number of methoxy groups -OCH3 is 2. The Morgan fingerprint density at radius 3 is 2.52 bits per heavy atom. The van der Waals surface area contributed by atoms with Crippen molar-refractivity contribution in [1.82, 2.24) is 15.0 Å². The van der Waals surface area contributed by atoms with Gasteiger partial charge in [0.1, 0.15) is 11.5 Å². The monoisotopic (exact) mass is 358 g/mol. The maximum atomic E-state index is 12.4. The second kappa shape index (κ2) is 7.23. The summed E-state index contributed by atoms with van der Waals surface area (Å²) in [5.74, 6) is 0.443. The van der Waals surface area contributed by atoms with Crippen molar-refractivity contribution in [3.05, 3.63) is 59.4 Å². The Morgan fingerprint density at radius 2 is 1.84 bits per heavy atom. The number of hydrogen-bond acceptors (Lipinski definition) is 5. The summed E-state index contributed by atoms with van der Waals surface area (Å²) in [6, 6.07) is 12.4. The molecule has 0 aliphatic rings. The summed E-state index contributed by atoms with van der Waals surface area (Å²) in [4.78, 5) is 13.8. The Hall–Kier alpha value is -3.06. The van der Waals surface area contributed by atoms with E-state index in [1.165, 1.54) is 25.2 Å². The van der Waals surface area contributed by atoms with Crippen LogP contribution < -0.4 is 14.8 Å². The lowest BCUT2D eigenvalue weighted by molar-refractivity contribution is 0.102. The number of halogens is 1. The lowest BCUT2D eigenvalue weighted by atomic mass is 10.2. The fraction of sp³-hybridized carbons (Fsp3) is 0.118. The van der Waals surface area contributed by atoms with E-state index in [1.54, 1.807) is 12.1 Å². The zero-order valence-electron chi connectivity index (χ0n) is 13.6. The van der Waals surface area contributed by atoms with Crippen molar-refractivity contribution in [2.24, 2.45) is 0 Å². The van der Waals surface area contributed by atoms with Crippen LogP contribution in [0.4, 0.5) is 5.69 Å². The first-order chi connectivity index (χ1) is 12.1. The summed E-state index contributed by atoms with van der Waals surface area (Å²) in [6.45, 7) is 0. The minimum atomic E-state index is -0.429. The van der Waals surface area contributed by atoms with E-state index in [2.05, 4.69) is 15.5 Å². The Kier molecular flexibility index (Phi) is 4.85. The molecule has 8 heteroatoms. The number of ether oxygens (including phenoxy) is 2. The zero-order valence-corrected chi connectivity index (χ0v) is 14.3. The summed E-state index contributed by atoms with van der Waals surface area (Å²) in [7, 11) is 2.99. The van der Waals surface area contributed by atoms with Gasteiger partial charge >= 0.3 is 0 Å². The van der Waals surface area contributed by atoms with Gasteiger partial charge in [0.2, 0.25) is 0 Å². The van der Waals surface area contributed by atoms with Crippen LogP contribution in [0.5, 0.6) is 11.5 Å². The summed E-state index contributed by atoms with van der Waals surface area (Å²) >= 11 is 6.11. The molecule has 0 aliphatic heterocycles. The molecule has 0 unspecified atom stereocenters. The predicted octanol–water partition coefficient (Wildman–Crippen LogP) is 3.19. The third kappa shape index (κ3) is 3.56. The fourth-order valence-corrected chi connectivity index (χ4v) is 2.44. The van der Waals surface area contributed by atoms with Crippen LogP contribution in [-0.2, 0) is 0 Å². The number of amides is 1. The van der Waals surface area contributed by atoms with Gasteiger partial charge in [0.25, 0.3) is 5.91 Å². The van der Waals surface area contributed by atoms with Gasteiger partial charge in [0.15, 0.2) is 5.69 Å². The van der Waals surface area contributed by atoms with Crippen LogP contribution in [0.15, 0.2) is 48.7 Å². The van der Waals surface area contributed by atoms with Gasteiger partial charge in [-0.15, -0.1) is 5.10 Å². The van der Waals surface area contributed by atoms with Crippen LogP contribution in [0.2, 0.25) is 5.02 Å². The maximum absolute atomic E-state index is 12.4. The van der Waals surface area contributed by atoms with Gasteiger partial charge in [0, 0.05) is 6.07 Å². The summed E-state index contributed by atoms with van der Waals surface area (Å²) in [5, 5.41) is 11.4. The normalized spacial score (nSPS) is 10.4. The first kappa shape index (κ1) is 16.8. The number of nitrogens with zero attached hydrogens (tertiary/aromatic N) is 3. The van der Waals surface area contributed by atoms with Crippen molar-refractivity contribution < 1.29 is 14.3 Å². The number of rotatable bonds is 5. The number of aromatic nitrogens is 3. The Balaban J connectivity index is 1.84. The van der Waals surface area contributed by atoms with Crippen molar-refractivity contribution in [2.45, 2.75) is 0 Å². The predicted molar refractivity (Wildman–Crippen MR) is 93.9 cm³/mol. The molecule has 0 atom stereocenters. The second-order valence-electron chi connectivity index (χ2n) is 5.00. The topological polar surface area (TPSA) is 78.3 Å². The molecule has 1 aromatic heterocycles. The molecule has 3 rings (SSSR count). The number of carbonyl (C=O) groups is 1. The van der Waals surface area contributed by atoms with Crippen LogP contribution >= 0.6 is 11.6 Å². The molecule has 1 heterocycles. The van der Waals surface area contributed by atoms with E-state index in [0.717, 1.165) is 5.69 Å². The van der Waals surface area contributed by atoms with E-state index in [9.17, 15) is 4.79 Å². The number of anilines is 1. The van der Waals surface area contributed by atoms with E-state index in [4.69, 9.17) is 21.1 Å². The standard InChI is InChI=1S/C17H15ClN4O3/c1-24-15-9-16(25-2)13(8-12(15)18)20-17(23)14-10-19-22(21-14)11-6-4-3-5-7-11/h3-10H,1-2H3,(H,20,23). The third-order valence-corrected chi connectivity index (χ3v) is 3.73. The first-order valence-corrected chi connectivity index (χ1v) is 7.71. The van der Waals surface area contributed by atoms with E-state index in [1.807, 2.05) is 30.3 Å². The lowest BCUT2D eigenvalue weighted by Gasteiger charge is -2.12. The van der Waals surface area contributed by atoms with Crippen molar-refractivity contribution in [2.75, 3.05) is 19.5 Å². The number of benzene rings is 2. The molecule has 0 aliphatic carbocycles. The molecule has 0 spiro atoms. The summed E-state index contributed by atoms with van der Waals surface area (Å²) in [5.41, 5.74) is 1.33. The molecule has 0 radical (unpaired) electrons. The van der Waals surface area contributed by atoms with Gasteiger partial charge in [-0.3, -0.25) is 4.79 Å². The maximum Gasteiger partial charge on any atom is 0.277 e. The van der Waals surface area contributed by atoms with Gasteiger partial charge in [-0.1, -0.05) is 29.8 Å². The first-order valence-electron chi connectivity index (χ1n) is 7.33. The molecule has 128 valence electrons. The van der Waals surface area contributed by atoms with Gasteiger partial charge in [-0.25, -0.2) is 0 Å². The largest absolute Gasteiger partial charge is 0.495 e. The van der Waals surface area contributed by atoms with Gasteiger partial charge in [-0.05, 0) is 18.2 Å². The van der Waals surface area contributed by atoms with E-state index in [-0.39, 0.29) is 5.69 Å². The highest BCUT2D eigenvalue weighted by atomic mass is 35.5. The van der Waals surface area contributed by atoms with Crippen LogP contribution in [0, 0.1) is 0 Å². The minimum Gasteiger partial charge on any atom is -0.495 e. The average molecular weight is 359 g/mol. The molecule has 1 amide bonds. The van der Waals surface area contributed by atoms with Crippen molar-refractivity contribution in [3.8, 4) is 17.2 Å². The van der Waals surface area contributed by atoms with E-state index >= 15 is 0 Å². The quantitative estimate of drug-likeness (QED) is 0.757. The van der Waals surface area contributed by atoms with Gasteiger partial charge in [0.05, 0.1) is 36.8 Å². The van der Waals surface area contributed by atoms with E-state index in [0.29, 0.717) is 22.2 Å². The molecule has 0 bridgehead atoms. The molecule has 0 fully saturated rings. The second-order valence-corrected chi connectivity index (χ2v) is 5.40. The molecule has 25 heavy (non-hydrogen) atoms. The molecule has 7 nitrogen and oxygen atoms in total. The highest BCUT2D eigenvalue weighted by Gasteiger charge is 2.16. The fourth-order valence-electron chi connectivity index (χ4n) is 2.20. The minimum absolute atomic E-state index is 0.165. The zero-order chi connectivity index (χ0) is 17.8. The third-order valence-electron chi connectivity index (χ3n) is 3.43. The lowest BCUT2D eigenvalue weighted by Crippen LogP contribution is -2.14. The van der Waals surface area contributed by atoms with Gasteiger partial charge < -0.3 is 14.8 Å². The van der Waals surface area contributed by atoms with Crippen LogP contribution in [0.1, 0.15) is 10.5 Å². The number of para-hydroxylation sites is 1. The molecular formula is C17H15ClN4O3. The number of hydrogen-bond donors (Lipinski definition) is 1. The van der Waals surface area contributed by atoms with Crippen LogP contribution in [-0.4, -0.2) is 35.1 Å². The average Bonchev–Trinajstić information content (AvgIpc) is 3.13. The number of nitrogens with one attached hydrogen (secondary N) is 1. The highest BCUT2D eigenvalue weighted by molar-refractivity contribution is 6.32. The van der Waals surface area contributed by atoms with Gasteiger partial charge in [-0.2, -0.15) is 9.90 Å². The molecular weight excluding hydrogens is 344 g/mol. The van der Waals surface area contributed by atoms with Crippen LogP contribution in [0.3, 0.4) is 0 Å². The van der Waals surface area contributed by atoms with E-state index < -0.39 is 5.91 Å². The molecule has 0 saturated carbocycles. The van der Waals surface area contributed by atoms with Crippen molar-refractivity contribution in [1.29, 1.82) is 0 Å². The molecule has 1 N–H and O–H groups in total. The van der Waals surface area contributed by atoms with Crippen molar-refractivity contribution in [3.63, 3.8) is 0 Å². The molecule has 2 aromatic carbocycles. The Labute approximate surface area is 149 Å². The van der Waals surface area contributed by atoms with Crippen molar-refractivity contribution >= 4 is 23.2 Å². The number of carbonyl (C=O) groups excluding carboxylic acids is 1. The van der Waals surface area contributed by atoms with Crippen LogP contribution in [0.25, 0.3) is 5.69 Å². The molecule has 3 aromatic rings. The smallest absolute Gasteiger partial charge is 0.277 e. The molecule has 0 saturated heterocycles. The Bertz CT molecular complexity index is 896. The summed E-state index contributed by atoms with van der Waals surface area (Å²) < 4.78 is 10.4. The Morgan fingerprint density at radius 1 is 1.12 bits per heavy atom. The summed E-state index contributed by atoms with van der Waals surface area (Å²) in [6.07, 6.45) is 1.39. The SMILES string of the molecule is COc1cc(OC)c(NC(=O)c2cnn(-c3ccccc3)n2)cc1Cl. The highest BCUT2D eigenvalue weighted by Crippen LogP contribution is 2.36.